The van der Waals surface area contributed by atoms with Crippen LogP contribution in [0, 0.1) is 0 Å². The molecule has 1 amide bonds. The zero-order chi connectivity index (χ0) is 18.7. The first kappa shape index (κ1) is 18.9. The predicted octanol–water partition coefficient (Wildman–Crippen LogP) is 0.672. The second-order valence-corrected chi connectivity index (χ2v) is 7.32. The van der Waals surface area contributed by atoms with Crippen LogP contribution < -0.4 is 20.1 Å². The quantitative estimate of drug-likeness (QED) is 0.816. The summed E-state index contributed by atoms with van der Waals surface area (Å²) in [5.41, 5.74) is -0.678. The molecule has 5 nitrogen and oxygen atoms in total. The van der Waals surface area contributed by atoms with Crippen molar-refractivity contribution in [2.75, 3.05) is 31.1 Å². The number of hydrogen-bond acceptors (Lipinski definition) is 2. The Kier molecular flexibility index (Phi) is 5.70. The van der Waals surface area contributed by atoms with Crippen molar-refractivity contribution in [3.63, 3.8) is 0 Å². The number of nitrogens with one attached hydrogen (secondary N) is 3. The maximum absolute atomic E-state index is 12.6. The molecular weight excluding hydrogens is 345 g/mol. The molecule has 8 heteroatoms. The number of piperazine rings is 1. The number of aromatic amines is 1. The van der Waals surface area contributed by atoms with E-state index in [-0.39, 0.29) is 11.9 Å². The number of carbonyl (C=O) groups excluding carboxylic acids is 1. The minimum atomic E-state index is -4.33. The second-order valence-electron chi connectivity index (χ2n) is 7.32. The van der Waals surface area contributed by atoms with Gasteiger partial charge in [0.25, 0.3) is 11.7 Å². The molecule has 1 aliphatic carbocycles. The maximum Gasteiger partial charge on any atom is 0.419 e. The minimum Gasteiger partial charge on any atom is -0.348 e. The van der Waals surface area contributed by atoms with Crippen molar-refractivity contribution in [2.24, 2.45) is 0 Å². The molecule has 3 N–H and O–H groups in total. The number of amides is 1. The highest BCUT2D eigenvalue weighted by Gasteiger charge is 2.35. The van der Waals surface area contributed by atoms with Gasteiger partial charge in [-0.25, -0.2) is 4.98 Å². The molecule has 1 aliphatic heterocycles. The summed E-state index contributed by atoms with van der Waals surface area (Å²) in [7, 11) is 0. The Balaban J connectivity index is 1.51. The highest BCUT2D eigenvalue weighted by Crippen LogP contribution is 2.28. The average Bonchev–Trinajstić information content (AvgIpc) is 3.13. The van der Waals surface area contributed by atoms with Crippen LogP contribution in [-0.2, 0) is 11.0 Å². The molecule has 0 spiro atoms. The van der Waals surface area contributed by atoms with Gasteiger partial charge in [-0.15, -0.1) is 0 Å². The minimum absolute atomic E-state index is 0.102. The molecule has 2 heterocycles. The third kappa shape index (κ3) is 4.47. The molecule has 2 fully saturated rings. The van der Waals surface area contributed by atoms with Gasteiger partial charge in [-0.05, 0) is 25.8 Å². The van der Waals surface area contributed by atoms with E-state index in [1.54, 1.807) is 0 Å². The summed E-state index contributed by atoms with van der Waals surface area (Å²) in [6.45, 7) is 4.94. The van der Waals surface area contributed by atoms with Crippen LogP contribution in [0.5, 0.6) is 0 Å². The van der Waals surface area contributed by atoms with E-state index in [4.69, 9.17) is 0 Å². The molecule has 0 bridgehead atoms. The maximum atomic E-state index is 12.6. The van der Waals surface area contributed by atoms with Gasteiger partial charge in [-0.3, -0.25) is 9.69 Å². The Morgan fingerprint density at radius 1 is 1.27 bits per heavy atom. The SMILES string of the molecule is C[C@H](C(=O)NC1CCCC1)[NH+]1CCN(c2ccc(C(F)(F)F)c[nH+]2)CC1. The monoisotopic (exact) mass is 372 g/mol. The molecule has 1 saturated heterocycles. The van der Waals surface area contributed by atoms with Gasteiger partial charge in [0.1, 0.15) is 32.4 Å². The van der Waals surface area contributed by atoms with Gasteiger partial charge in [0.05, 0.1) is 5.56 Å². The number of nitrogens with zero attached hydrogens (tertiary/aromatic N) is 1. The van der Waals surface area contributed by atoms with Crippen LogP contribution in [0.2, 0.25) is 0 Å². The van der Waals surface area contributed by atoms with Gasteiger partial charge >= 0.3 is 6.18 Å². The zero-order valence-corrected chi connectivity index (χ0v) is 15.0. The Labute approximate surface area is 151 Å². The van der Waals surface area contributed by atoms with Crippen LogP contribution in [0.1, 0.15) is 38.2 Å². The van der Waals surface area contributed by atoms with Crippen molar-refractivity contribution < 1.29 is 27.8 Å². The van der Waals surface area contributed by atoms with Gasteiger partial charge < -0.3 is 10.2 Å². The van der Waals surface area contributed by atoms with E-state index >= 15 is 0 Å². The van der Waals surface area contributed by atoms with Crippen LogP contribution >= 0.6 is 0 Å². The van der Waals surface area contributed by atoms with E-state index < -0.39 is 11.7 Å². The van der Waals surface area contributed by atoms with Crippen LogP contribution in [-0.4, -0.2) is 44.2 Å². The summed E-state index contributed by atoms with van der Waals surface area (Å²) in [6.07, 6.45) is 1.20. The molecule has 1 saturated carbocycles. The summed E-state index contributed by atoms with van der Waals surface area (Å²) < 4.78 is 37.9. The molecule has 2 aliphatic rings. The lowest BCUT2D eigenvalue weighted by Gasteiger charge is -2.32. The number of hydrogen-bond donors (Lipinski definition) is 2. The number of pyridine rings is 1. The molecular formula is C18H27F3N4O+2. The van der Waals surface area contributed by atoms with E-state index in [1.165, 1.54) is 23.8 Å². The Bertz CT molecular complexity index is 606. The number of carbonyl (C=O) groups is 1. The fraction of sp³-hybridized carbons (Fsp3) is 0.667. The molecule has 1 aromatic heterocycles. The number of halogens is 3. The van der Waals surface area contributed by atoms with Crippen LogP contribution in [0.3, 0.4) is 0 Å². The fourth-order valence-corrected chi connectivity index (χ4v) is 3.84. The first-order valence-electron chi connectivity index (χ1n) is 9.33. The third-order valence-corrected chi connectivity index (χ3v) is 5.58. The summed E-state index contributed by atoms with van der Waals surface area (Å²) in [4.78, 5) is 18.4. The van der Waals surface area contributed by atoms with Crippen LogP contribution in [0.4, 0.5) is 19.0 Å². The largest absolute Gasteiger partial charge is 0.419 e. The topological polar surface area (TPSA) is 50.9 Å². The second kappa shape index (κ2) is 7.82. The van der Waals surface area contributed by atoms with Gasteiger partial charge in [-0.1, -0.05) is 12.8 Å². The lowest BCUT2D eigenvalue weighted by molar-refractivity contribution is -0.914. The van der Waals surface area contributed by atoms with Gasteiger partial charge in [0.15, 0.2) is 6.04 Å². The number of H-pyrrole nitrogens is 1. The number of rotatable bonds is 4. The molecule has 1 atom stereocenters. The molecule has 0 unspecified atom stereocenters. The summed E-state index contributed by atoms with van der Waals surface area (Å²) in [6, 6.07) is 2.80. The zero-order valence-electron chi connectivity index (χ0n) is 15.0. The Morgan fingerprint density at radius 3 is 2.46 bits per heavy atom. The lowest BCUT2D eigenvalue weighted by atomic mass is 10.2. The fourth-order valence-electron chi connectivity index (χ4n) is 3.84. The van der Waals surface area contributed by atoms with Gasteiger partial charge in [0, 0.05) is 12.1 Å². The highest BCUT2D eigenvalue weighted by atomic mass is 19.4. The van der Waals surface area contributed by atoms with E-state index in [1.807, 2.05) is 11.8 Å². The number of quaternary nitrogens is 1. The van der Waals surface area contributed by atoms with Crippen LogP contribution in [0.25, 0.3) is 0 Å². The molecule has 3 rings (SSSR count). The molecule has 26 heavy (non-hydrogen) atoms. The summed E-state index contributed by atoms with van der Waals surface area (Å²) >= 11 is 0. The van der Waals surface area contributed by atoms with Crippen molar-refractivity contribution in [2.45, 2.75) is 50.9 Å². The normalized spacial score (nSPS) is 21.0. The Morgan fingerprint density at radius 2 is 1.92 bits per heavy atom. The predicted molar refractivity (Wildman–Crippen MR) is 90.8 cm³/mol. The summed E-state index contributed by atoms with van der Waals surface area (Å²) in [5.74, 6) is 0.793. The van der Waals surface area contributed by atoms with E-state index in [0.29, 0.717) is 24.9 Å². The standard InChI is InChI=1S/C18H25F3N4O/c1-13(17(26)23-15-4-2-3-5-15)24-8-10-25(11-9-24)16-7-6-14(12-22-16)18(19,20)21/h6-7,12-13,15H,2-5,8-11H2,1H3,(H,23,26)/p+2/t13-/m1/s1. The molecule has 1 aromatic rings. The third-order valence-electron chi connectivity index (χ3n) is 5.58. The highest BCUT2D eigenvalue weighted by molar-refractivity contribution is 5.80. The van der Waals surface area contributed by atoms with Crippen molar-refractivity contribution in [1.29, 1.82) is 0 Å². The smallest absolute Gasteiger partial charge is 0.348 e. The average molecular weight is 372 g/mol. The first-order valence-corrected chi connectivity index (χ1v) is 9.33. The number of aromatic nitrogens is 1. The van der Waals surface area contributed by atoms with Crippen molar-refractivity contribution in [1.82, 2.24) is 5.32 Å². The molecule has 0 radical (unpaired) electrons. The van der Waals surface area contributed by atoms with Crippen LogP contribution in [0.15, 0.2) is 18.3 Å². The van der Waals surface area contributed by atoms with Crippen molar-refractivity contribution >= 4 is 11.7 Å². The van der Waals surface area contributed by atoms with Crippen molar-refractivity contribution in [3.8, 4) is 0 Å². The van der Waals surface area contributed by atoms with E-state index in [9.17, 15) is 18.0 Å². The first-order chi connectivity index (χ1) is 12.3. The number of alkyl halides is 3. The molecule has 0 aromatic carbocycles. The van der Waals surface area contributed by atoms with Gasteiger partial charge in [0.2, 0.25) is 0 Å². The van der Waals surface area contributed by atoms with E-state index in [0.717, 1.165) is 38.2 Å². The lowest BCUT2D eigenvalue weighted by Crippen LogP contribution is -3.19. The van der Waals surface area contributed by atoms with Gasteiger partial charge in [-0.2, -0.15) is 13.2 Å². The van der Waals surface area contributed by atoms with E-state index in [2.05, 4.69) is 10.3 Å². The number of anilines is 1. The Hall–Kier alpha value is -1.83. The summed E-state index contributed by atoms with van der Waals surface area (Å²) in [5, 5.41) is 3.15. The van der Waals surface area contributed by atoms with Crippen molar-refractivity contribution in [3.05, 3.63) is 23.9 Å². The molecule has 144 valence electrons.